The second-order valence-corrected chi connectivity index (χ2v) is 8.52. The van der Waals surface area contributed by atoms with Gasteiger partial charge in [-0.2, -0.15) is 4.31 Å². The van der Waals surface area contributed by atoms with E-state index in [1.807, 2.05) is 0 Å². The first-order chi connectivity index (χ1) is 9.84. The van der Waals surface area contributed by atoms with E-state index in [0.29, 0.717) is 21.8 Å². The van der Waals surface area contributed by atoms with Crippen LogP contribution in [0.1, 0.15) is 25.7 Å². The van der Waals surface area contributed by atoms with Gasteiger partial charge in [-0.05, 0) is 47.0 Å². The molecule has 116 valence electrons. The number of nitrogens with zero attached hydrogens (tertiary/aromatic N) is 1. The highest BCUT2D eigenvalue weighted by atomic mass is 79.9. The summed E-state index contributed by atoms with van der Waals surface area (Å²) in [7, 11) is -3.86. The molecule has 0 aliphatic carbocycles. The van der Waals surface area contributed by atoms with Crippen molar-refractivity contribution in [2.24, 2.45) is 0 Å². The van der Waals surface area contributed by atoms with Crippen molar-refractivity contribution in [3.63, 3.8) is 0 Å². The van der Waals surface area contributed by atoms with Crippen molar-refractivity contribution in [1.82, 2.24) is 4.31 Å². The summed E-state index contributed by atoms with van der Waals surface area (Å²) in [6, 6.07) is 3.84. The lowest BCUT2D eigenvalue weighted by Crippen LogP contribution is -2.44. The van der Waals surface area contributed by atoms with Crippen LogP contribution in [0.25, 0.3) is 0 Å². The summed E-state index contributed by atoms with van der Waals surface area (Å²) < 4.78 is 27.9. The number of carbonyl (C=O) groups is 1. The van der Waals surface area contributed by atoms with Crippen LogP contribution in [0.3, 0.4) is 0 Å². The van der Waals surface area contributed by atoms with E-state index in [2.05, 4.69) is 31.9 Å². The molecule has 1 unspecified atom stereocenters. The van der Waals surface area contributed by atoms with E-state index in [-0.39, 0.29) is 11.4 Å². The molecular weight excluding hydrogens is 426 g/mol. The van der Waals surface area contributed by atoms with Crippen LogP contribution in [0, 0.1) is 0 Å². The zero-order valence-electron chi connectivity index (χ0n) is 11.1. The smallest absolute Gasteiger partial charge is 0.322 e. The number of hydrogen-bond acceptors (Lipinski definition) is 3. The van der Waals surface area contributed by atoms with Crippen LogP contribution in [-0.2, 0) is 14.8 Å². The van der Waals surface area contributed by atoms with Crippen molar-refractivity contribution in [3.8, 4) is 0 Å². The summed E-state index contributed by atoms with van der Waals surface area (Å²) in [5, 5.41) is 9.34. The van der Waals surface area contributed by atoms with Gasteiger partial charge < -0.3 is 5.11 Å². The van der Waals surface area contributed by atoms with Gasteiger partial charge in [-0.3, -0.25) is 4.79 Å². The molecule has 0 saturated carbocycles. The highest BCUT2D eigenvalue weighted by Gasteiger charge is 2.37. The van der Waals surface area contributed by atoms with Crippen LogP contribution in [0.2, 0.25) is 0 Å². The SMILES string of the molecule is O=C(O)C1CCCCCN1S(=O)(=O)c1cc(Br)ccc1Br. The Balaban J connectivity index is 2.49. The summed E-state index contributed by atoms with van der Waals surface area (Å²) in [5.74, 6) is -1.09. The zero-order chi connectivity index (χ0) is 15.6. The Hall–Kier alpha value is -0.440. The number of hydrogen-bond donors (Lipinski definition) is 1. The van der Waals surface area contributed by atoms with Gasteiger partial charge in [-0.15, -0.1) is 0 Å². The van der Waals surface area contributed by atoms with Gasteiger partial charge in [-0.25, -0.2) is 8.42 Å². The number of carboxylic acid groups (broad SMARTS) is 1. The molecule has 1 saturated heterocycles. The average Bonchev–Trinajstić information content (AvgIpc) is 2.67. The molecule has 8 heteroatoms. The third-order valence-electron chi connectivity index (χ3n) is 3.47. The molecule has 1 aromatic carbocycles. The third kappa shape index (κ3) is 3.67. The second-order valence-electron chi connectivity index (χ2n) is 4.89. The Kier molecular flexibility index (Phi) is 5.45. The maximum absolute atomic E-state index is 12.8. The molecule has 0 radical (unpaired) electrons. The molecule has 1 fully saturated rings. The lowest BCUT2D eigenvalue weighted by molar-refractivity contribution is -0.141. The van der Waals surface area contributed by atoms with Gasteiger partial charge in [0.05, 0.1) is 4.90 Å². The van der Waals surface area contributed by atoms with Gasteiger partial charge in [-0.1, -0.05) is 28.8 Å². The van der Waals surface area contributed by atoms with E-state index in [9.17, 15) is 18.3 Å². The summed E-state index contributed by atoms with van der Waals surface area (Å²) in [5.41, 5.74) is 0. The Bertz CT molecular complexity index is 648. The predicted molar refractivity (Wildman–Crippen MR) is 85.6 cm³/mol. The monoisotopic (exact) mass is 439 g/mol. The van der Waals surface area contributed by atoms with E-state index in [1.165, 1.54) is 6.07 Å². The van der Waals surface area contributed by atoms with E-state index in [0.717, 1.165) is 17.1 Å². The number of halogens is 2. The number of aliphatic carboxylic acids is 1. The fourth-order valence-electron chi connectivity index (χ4n) is 2.42. The molecule has 1 heterocycles. The largest absolute Gasteiger partial charge is 0.480 e. The maximum Gasteiger partial charge on any atom is 0.322 e. The standard InChI is InChI=1S/C13H15Br2NO4S/c14-9-5-6-10(15)12(8-9)21(19,20)16-7-3-1-2-4-11(16)13(17)18/h5-6,8,11H,1-4,7H2,(H,17,18). The molecule has 1 atom stereocenters. The molecule has 5 nitrogen and oxygen atoms in total. The molecule has 0 spiro atoms. The molecule has 1 aliphatic rings. The minimum Gasteiger partial charge on any atom is -0.480 e. The maximum atomic E-state index is 12.8. The fourth-order valence-corrected chi connectivity index (χ4v) is 5.53. The van der Waals surface area contributed by atoms with Crippen molar-refractivity contribution in [1.29, 1.82) is 0 Å². The molecular formula is C13H15Br2NO4S. The molecule has 0 amide bonds. The number of carboxylic acids is 1. The van der Waals surface area contributed by atoms with Gasteiger partial charge >= 0.3 is 5.97 Å². The van der Waals surface area contributed by atoms with Crippen LogP contribution in [0.15, 0.2) is 32.0 Å². The Labute approximate surface area is 140 Å². The van der Waals surface area contributed by atoms with Gasteiger partial charge in [0.1, 0.15) is 6.04 Å². The van der Waals surface area contributed by atoms with Crippen molar-refractivity contribution >= 4 is 47.9 Å². The van der Waals surface area contributed by atoms with Crippen LogP contribution in [0.4, 0.5) is 0 Å². The molecule has 1 N–H and O–H groups in total. The third-order valence-corrected chi connectivity index (χ3v) is 6.86. The van der Waals surface area contributed by atoms with Gasteiger partial charge in [0.2, 0.25) is 10.0 Å². The van der Waals surface area contributed by atoms with Gasteiger partial charge in [0.25, 0.3) is 0 Å². The van der Waals surface area contributed by atoms with Crippen LogP contribution >= 0.6 is 31.9 Å². The van der Waals surface area contributed by atoms with Crippen LogP contribution in [0.5, 0.6) is 0 Å². The summed E-state index contributed by atoms with van der Waals surface area (Å²) >= 11 is 6.49. The zero-order valence-corrected chi connectivity index (χ0v) is 15.1. The minimum atomic E-state index is -3.86. The molecule has 0 aromatic heterocycles. The van der Waals surface area contributed by atoms with Gasteiger partial charge in [0.15, 0.2) is 0 Å². The van der Waals surface area contributed by atoms with E-state index in [4.69, 9.17) is 0 Å². The summed E-state index contributed by atoms with van der Waals surface area (Å²) in [6.07, 6.45) is 2.59. The van der Waals surface area contributed by atoms with Crippen molar-refractivity contribution in [2.45, 2.75) is 36.6 Å². The van der Waals surface area contributed by atoms with Crippen LogP contribution in [-0.4, -0.2) is 36.4 Å². The first-order valence-corrected chi connectivity index (χ1v) is 9.56. The topological polar surface area (TPSA) is 74.7 Å². The second kappa shape index (κ2) is 6.76. The first kappa shape index (κ1) is 16.9. The predicted octanol–water partition coefficient (Wildman–Crippen LogP) is 3.23. The number of sulfonamides is 1. The van der Waals surface area contributed by atoms with Crippen molar-refractivity contribution < 1.29 is 18.3 Å². The fraction of sp³-hybridized carbons (Fsp3) is 0.462. The molecule has 2 rings (SSSR count). The van der Waals surface area contributed by atoms with E-state index >= 15 is 0 Å². The Morgan fingerprint density at radius 3 is 2.62 bits per heavy atom. The molecule has 1 aliphatic heterocycles. The minimum absolute atomic E-state index is 0.0880. The normalized spacial score (nSPS) is 21.0. The Morgan fingerprint density at radius 2 is 1.95 bits per heavy atom. The lowest BCUT2D eigenvalue weighted by Gasteiger charge is -2.26. The molecule has 0 bridgehead atoms. The highest BCUT2D eigenvalue weighted by molar-refractivity contribution is 9.11. The molecule has 21 heavy (non-hydrogen) atoms. The van der Waals surface area contributed by atoms with E-state index in [1.54, 1.807) is 12.1 Å². The van der Waals surface area contributed by atoms with E-state index < -0.39 is 22.0 Å². The lowest BCUT2D eigenvalue weighted by atomic mass is 10.1. The number of rotatable bonds is 3. The van der Waals surface area contributed by atoms with Crippen LogP contribution < -0.4 is 0 Å². The quantitative estimate of drug-likeness (QED) is 0.782. The molecule has 1 aromatic rings. The summed E-state index contributed by atoms with van der Waals surface area (Å²) in [4.78, 5) is 11.5. The van der Waals surface area contributed by atoms with Crippen molar-refractivity contribution in [3.05, 3.63) is 27.1 Å². The van der Waals surface area contributed by atoms with Crippen molar-refractivity contribution in [2.75, 3.05) is 6.54 Å². The Morgan fingerprint density at radius 1 is 1.24 bits per heavy atom. The first-order valence-electron chi connectivity index (χ1n) is 6.54. The number of benzene rings is 1. The van der Waals surface area contributed by atoms with Gasteiger partial charge in [0, 0.05) is 15.5 Å². The summed E-state index contributed by atoms with van der Waals surface area (Å²) in [6.45, 7) is 0.234. The highest BCUT2D eigenvalue weighted by Crippen LogP contribution is 2.31. The average molecular weight is 441 g/mol.